The normalized spacial score (nSPS) is 11.8. The lowest BCUT2D eigenvalue weighted by atomic mass is 10.1. The maximum Gasteiger partial charge on any atom is 0.279 e. The second kappa shape index (κ2) is 7.80. The van der Waals surface area contributed by atoms with Gasteiger partial charge in [-0.15, -0.1) is 0 Å². The van der Waals surface area contributed by atoms with Gasteiger partial charge in [0.25, 0.3) is 11.6 Å². The molecule has 0 bridgehead atoms. The van der Waals surface area contributed by atoms with Crippen LogP contribution in [-0.2, 0) is 4.79 Å². The van der Waals surface area contributed by atoms with Crippen LogP contribution in [-0.4, -0.2) is 17.4 Å². The van der Waals surface area contributed by atoms with Crippen molar-refractivity contribution in [1.82, 2.24) is 0 Å². The summed E-state index contributed by atoms with van der Waals surface area (Å²) in [7, 11) is 0. The number of amides is 1. The van der Waals surface area contributed by atoms with E-state index >= 15 is 0 Å². The summed E-state index contributed by atoms with van der Waals surface area (Å²) < 4.78 is 26.7. The Labute approximate surface area is 143 Å². The fourth-order valence-electron chi connectivity index (χ4n) is 2.34. The quantitative estimate of drug-likeness (QED) is 0.619. The van der Waals surface area contributed by atoms with E-state index in [4.69, 9.17) is 0 Å². The van der Waals surface area contributed by atoms with E-state index in [-0.39, 0.29) is 18.1 Å². The molecule has 0 spiro atoms. The molecule has 0 fully saturated rings. The lowest BCUT2D eigenvalue weighted by molar-refractivity contribution is -0.682. The number of nitrogens with zero attached hydrogens (tertiary/aromatic N) is 1. The monoisotopic (exact) mass is 350 g/mol. The Morgan fingerprint density at radius 1 is 1.28 bits per heavy atom. The smallest absolute Gasteiger partial charge is 0.279 e. The predicted molar refractivity (Wildman–Crippen MR) is 88.0 cm³/mol. The Balaban J connectivity index is 1.99. The molecule has 0 aliphatic heterocycles. The van der Waals surface area contributed by atoms with Crippen LogP contribution in [0.5, 0.6) is 0 Å². The van der Waals surface area contributed by atoms with Crippen molar-refractivity contribution in [2.24, 2.45) is 0 Å². The number of quaternary nitrogens is 1. The van der Waals surface area contributed by atoms with E-state index in [1.54, 1.807) is 25.2 Å². The van der Waals surface area contributed by atoms with Crippen molar-refractivity contribution in [3.63, 3.8) is 0 Å². The molecule has 0 heterocycles. The van der Waals surface area contributed by atoms with Gasteiger partial charge in [0.1, 0.15) is 17.7 Å². The first-order chi connectivity index (χ1) is 11.8. The zero-order chi connectivity index (χ0) is 18.6. The minimum Gasteiger partial charge on any atom is -0.332 e. The fourth-order valence-corrected chi connectivity index (χ4v) is 2.34. The zero-order valence-corrected chi connectivity index (χ0v) is 13.8. The first-order valence-electron chi connectivity index (χ1n) is 7.61. The zero-order valence-electron chi connectivity index (χ0n) is 13.8. The Hall–Kier alpha value is -2.87. The molecular weight excluding hydrogens is 332 g/mol. The molecule has 0 saturated heterocycles. The number of hydrogen-bond acceptors (Lipinski definition) is 3. The van der Waals surface area contributed by atoms with E-state index in [0.29, 0.717) is 16.8 Å². The summed E-state index contributed by atoms with van der Waals surface area (Å²) in [6, 6.07) is 7.11. The van der Waals surface area contributed by atoms with Gasteiger partial charge < -0.3 is 10.6 Å². The molecule has 8 heteroatoms. The number of hydrogen-bond donors (Lipinski definition) is 2. The highest BCUT2D eigenvalue weighted by Crippen LogP contribution is 2.21. The summed E-state index contributed by atoms with van der Waals surface area (Å²) >= 11 is 0. The Kier molecular flexibility index (Phi) is 5.76. The molecule has 2 aromatic rings. The van der Waals surface area contributed by atoms with E-state index in [1.807, 2.05) is 0 Å². The van der Waals surface area contributed by atoms with Gasteiger partial charge in [-0.1, -0.05) is 6.07 Å². The number of benzene rings is 2. The van der Waals surface area contributed by atoms with Crippen molar-refractivity contribution >= 4 is 17.3 Å². The van der Waals surface area contributed by atoms with Crippen molar-refractivity contribution < 1.29 is 23.8 Å². The third kappa shape index (κ3) is 4.80. The molecule has 1 amide bonds. The number of nitrogens with two attached hydrogens (primary N) is 1. The summed E-state index contributed by atoms with van der Waals surface area (Å²) in [6.45, 7) is 3.40. The van der Waals surface area contributed by atoms with Crippen molar-refractivity contribution in [1.29, 1.82) is 0 Å². The van der Waals surface area contributed by atoms with Crippen molar-refractivity contribution in [2.45, 2.75) is 19.9 Å². The summed E-state index contributed by atoms with van der Waals surface area (Å²) in [6.07, 6.45) is 0. The number of rotatable bonds is 6. The summed E-state index contributed by atoms with van der Waals surface area (Å²) in [5, 5.41) is 15.0. The third-order valence-corrected chi connectivity index (χ3v) is 3.82. The Morgan fingerprint density at radius 3 is 2.64 bits per heavy atom. The molecular formula is C17H18F2N3O3+. The molecule has 0 aliphatic rings. The molecule has 2 aromatic carbocycles. The molecule has 132 valence electrons. The standard InChI is InChI=1S/C17H17F2N3O3/c1-10-3-5-13(22(24)25)8-16(10)21-17(23)9-20-11(2)14-6-4-12(18)7-15(14)19/h3-8,11,20H,9H2,1-2H3,(H,21,23)/p+1/t11-/m0/s1. The number of anilines is 1. The van der Waals surface area contributed by atoms with Gasteiger partial charge in [0.2, 0.25) is 0 Å². The van der Waals surface area contributed by atoms with E-state index in [1.165, 1.54) is 18.2 Å². The van der Waals surface area contributed by atoms with E-state index in [9.17, 15) is 23.7 Å². The topological polar surface area (TPSA) is 88.9 Å². The second-order valence-corrected chi connectivity index (χ2v) is 5.70. The number of nitro groups is 1. The highest BCUT2D eigenvalue weighted by molar-refractivity contribution is 5.92. The van der Waals surface area contributed by atoms with Crippen LogP contribution in [0.4, 0.5) is 20.2 Å². The Morgan fingerprint density at radius 2 is 2.00 bits per heavy atom. The van der Waals surface area contributed by atoms with Crippen LogP contribution in [0, 0.1) is 28.7 Å². The van der Waals surface area contributed by atoms with Crippen LogP contribution < -0.4 is 10.6 Å². The lowest BCUT2D eigenvalue weighted by Crippen LogP contribution is -2.86. The van der Waals surface area contributed by atoms with Crippen molar-refractivity contribution in [3.8, 4) is 0 Å². The lowest BCUT2D eigenvalue weighted by Gasteiger charge is -2.13. The number of aryl methyl sites for hydroxylation is 1. The molecule has 6 nitrogen and oxygen atoms in total. The molecule has 3 N–H and O–H groups in total. The van der Waals surface area contributed by atoms with Crippen LogP contribution in [0.1, 0.15) is 24.1 Å². The van der Waals surface area contributed by atoms with Crippen LogP contribution in [0.25, 0.3) is 0 Å². The summed E-state index contributed by atoms with van der Waals surface area (Å²) in [5.74, 6) is -1.70. The second-order valence-electron chi connectivity index (χ2n) is 5.70. The molecule has 0 aliphatic carbocycles. The SMILES string of the molecule is Cc1ccc([N+](=O)[O-])cc1NC(=O)C[NH2+][C@@H](C)c1ccc(F)cc1F. The van der Waals surface area contributed by atoms with Gasteiger partial charge in [0.15, 0.2) is 6.54 Å². The highest BCUT2D eigenvalue weighted by atomic mass is 19.1. The average molecular weight is 350 g/mol. The van der Waals surface area contributed by atoms with Gasteiger partial charge in [0, 0.05) is 23.8 Å². The van der Waals surface area contributed by atoms with Gasteiger partial charge in [0.05, 0.1) is 10.6 Å². The maximum atomic E-state index is 13.7. The minimum atomic E-state index is -0.668. The van der Waals surface area contributed by atoms with Crippen molar-refractivity contribution in [2.75, 3.05) is 11.9 Å². The van der Waals surface area contributed by atoms with Gasteiger partial charge >= 0.3 is 0 Å². The number of nitro benzene ring substituents is 1. The first kappa shape index (κ1) is 18.5. The van der Waals surface area contributed by atoms with Crippen LogP contribution >= 0.6 is 0 Å². The molecule has 25 heavy (non-hydrogen) atoms. The third-order valence-electron chi connectivity index (χ3n) is 3.82. The summed E-state index contributed by atoms with van der Waals surface area (Å²) in [4.78, 5) is 22.3. The van der Waals surface area contributed by atoms with Crippen molar-refractivity contribution in [3.05, 3.63) is 69.3 Å². The van der Waals surface area contributed by atoms with Gasteiger partial charge in [-0.05, 0) is 31.5 Å². The van der Waals surface area contributed by atoms with E-state index in [0.717, 1.165) is 12.1 Å². The molecule has 2 rings (SSSR count). The number of non-ortho nitro benzene ring substituents is 1. The van der Waals surface area contributed by atoms with E-state index < -0.39 is 22.6 Å². The number of nitrogens with one attached hydrogen (secondary N) is 1. The van der Waals surface area contributed by atoms with E-state index in [2.05, 4.69) is 5.32 Å². The van der Waals surface area contributed by atoms with Crippen LogP contribution in [0.3, 0.4) is 0 Å². The molecule has 0 radical (unpaired) electrons. The minimum absolute atomic E-state index is 0.0138. The van der Waals surface area contributed by atoms with Gasteiger partial charge in [-0.3, -0.25) is 14.9 Å². The Bertz CT molecular complexity index is 812. The molecule has 1 atom stereocenters. The van der Waals surface area contributed by atoms with Gasteiger partial charge in [-0.2, -0.15) is 0 Å². The number of carbonyl (C=O) groups excluding carboxylic acids is 1. The molecule has 0 saturated carbocycles. The van der Waals surface area contributed by atoms with Crippen LogP contribution in [0.2, 0.25) is 0 Å². The van der Waals surface area contributed by atoms with Crippen LogP contribution in [0.15, 0.2) is 36.4 Å². The maximum absolute atomic E-state index is 13.7. The average Bonchev–Trinajstić information content (AvgIpc) is 2.54. The molecule has 0 aromatic heterocycles. The number of halogens is 2. The largest absolute Gasteiger partial charge is 0.332 e. The van der Waals surface area contributed by atoms with Gasteiger partial charge in [-0.25, -0.2) is 8.78 Å². The predicted octanol–water partition coefficient (Wildman–Crippen LogP) is 2.44. The highest BCUT2D eigenvalue weighted by Gasteiger charge is 2.17. The first-order valence-corrected chi connectivity index (χ1v) is 7.61. The molecule has 0 unspecified atom stereocenters. The number of carbonyl (C=O) groups is 1. The summed E-state index contributed by atoms with van der Waals surface area (Å²) in [5.41, 5.74) is 1.22. The fraction of sp³-hybridized carbons (Fsp3) is 0.235.